The van der Waals surface area contributed by atoms with E-state index in [4.69, 9.17) is 0 Å². The number of fused-ring (bicyclic) bond motifs is 1. The Kier molecular flexibility index (Phi) is 6.88. The van der Waals surface area contributed by atoms with Crippen LogP contribution in [0.3, 0.4) is 0 Å². The van der Waals surface area contributed by atoms with Crippen LogP contribution in [0.25, 0.3) is 0 Å². The van der Waals surface area contributed by atoms with Gasteiger partial charge in [0.1, 0.15) is 0 Å². The fourth-order valence-corrected chi connectivity index (χ4v) is 7.45. The standard InChI is InChI=1S/C28H48/c1-8-27(6)25(21(4)13-11-12-20(2)3)17-18-26(27)24-16-15-23-14-9-10-19-28(23,7)22(24)5/h15-16,20-22,25-26H,8-14,17-19H2,1-7H3. The lowest BCUT2D eigenvalue weighted by molar-refractivity contribution is 0.103. The Balaban J connectivity index is 1.79. The van der Waals surface area contributed by atoms with Crippen LogP contribution in [0.5, 0.6) is 0 Å². The first-order valence-electron chi connectivity index (χ1n) is 12.6. The maximum absolute atomic E-state index is 2.66. The molecule has 2 fully saturated rings. The van der Waals surface area contributed by atoms with E-state index < -0.39 is 0 Å². The van der Waals surface area contributed by atoms with Crippen LogP contribution in [0.15, 0.2) is 23.3 Å². The monoisotopic (exact) mass is 384 g/mol. The van der Waals surface area contributed by atoms with Gasteiger partial charge < -0.3 is 0 Å². The molecule has 2 saturated carbocycles. The maximum Gasteiger partial charge on any atom is -0.00503 e. The predicted molar refractivity (Wildman–Crippen MR) is 124 cm³/mol. The Labute approximate surface area is 176 Å². The van der Waals surface area contributed by atoms with Gasteiger partial charge >= 0.3 is 0 Å². The summed E-state index contributed by atoms with van der Waals surface area (Å²) in [5, 5.41) is 0. The molecule has 0 heterocycles. The van der Waals surface area contributed by atoms with Crippen LogP contribution in [0.1, 0.15) is 113 Å². The molecule has 0 aromatic heterocycles. The molecular weight excluding hydrogens is 336 g/mol. The SMILES string of the molecule is CCC1(C)C(C2=CC=C3CCCCC3(C)C2C)CCC1C(C)CCCC(C)C. The van der Waals surface area contributed by atoms with E-state index in [9.17, 15) is 0 Å². The Bertz CT molecular complexity index is 593. The Morgan fingerprint density at radius 2 is 1.79 bits per heavy atom. The van der Waals surface area contributed by atoms with Crippen molar-refractivity contribution in [2.24, 2.45) is 40.4 Å². The molecule has 0 aromatic rings. The van der Waals surface area contributed by atoms with Gasteiger partial charge in [0, 0.05) is 0 Å². The van der Waals surface area contributed by atoms with E-state index in [1.165, 1.54) is 64.2 Å². The molecule has 6 unspecified atom stereocenters. The van der Waals surface area contributed by atoms with E-state index in [2.05, 4.69) is 60.6 Å². The molecule has 0 nitrogen and oxygen atoms in total. The highest BCUT2D eigenvalue weighted by Crippen LogP contribution is 2.61. The average molecular weight is 385 g/mol. The zero-order valence-corrected chi connectivity index (χ0v) is 20.1. The first-order chi connectivity index (χ1) is 13.2. The first kappa shape index (κ1) is 22.2. The topological polar surface area (TPSA) is 0 Å². The summed E-state index contributed by atoms with van der Waals surface area (Å²) < 4.78 is 0. The summed E-state index contributed by atoms with van der Waals surface area (Å²) in [7, 11) is 0. The summed E-state index contributed by atoms with van der Waals surface area (Å²) in [4.78, 5) is 0. The largest absolute Gasteiger partial charge is 0.0648 e. The van der Waals surface area contributed by atoms with Crippen molar-refractivity contribution < 1.29 is 0 Å². The summed E-state index contributed by atoms with van der Waals surface area (Å²) in [6, 6.07) is 0. The number of rotatable bonds is 7. The van der Waals surface area contributed by atoms with E-state index in [0.717, 1.165) is 29.6 Å². The highest BCUT2D eigenvalue weighted by molar-refractivity contribution is 5.36. The average Bonchev–Trinajstić information content (AvgIpc) is 3.00. The molecule has 3 rings (SSSR count). The molecule has 0 aliphatic heterocycles. The van der Waals surface area contributed by atoms with Crippen molar-refractivity contribution in [2.75, 3.05) is 0 Å². The van der Waals surface area contributed by atoms with Gasteiger partial charge in [-0.15, -0.1) is 0 Å². The molecule has 6 atom stereocenters. The van der Waals surface area contributed by atoms with Crippen LogP contribution in [-0.2, 0) is 0 Å². The molecule has 0 heteroatoms. The number of hydrogen-bond donors (Lipinski definition) is 0. The lowest BCUT2D eigenvalue weighted by atomic mass is 9.56. The van der Waals surface area contributed by atoms with E-state index in [-0.39, 0.29) is 0 Å². The normalized spacial score (nSPS) is 39.5. The van der Waals surface area contributed by atoms with Crippen molar-refractivity contribution in [3.05, 3.63) is 23.3 Å². The smallest absolute Gasteiger partial charge is 0.00503 e. The van der Waals surface area contributed by atoms with Crippen molar-refractivity contribution in [3.8, 4) is 0 Å². The molecule has 0 N–H and O–H groups in total. The van der Waals surface area contributed by atoms with Crippen molar-refractivity contribution in [3.63, 3.8) is 0 Å². The van der Waals surface area contributed by atoms with Gasteiger partial charge in [-0.3, -0.25) is 0 Å². The summed E-state index contributed by atoms with van der Waals surface area (Å²) in [6.45, 7) is 17.6. The molecule has 0 bridgehead atoms. The van der Waals surface area contributed by atoms with Gasteiger partial charge in [0.2, 0.25) is 0 Å². The second-order valence-corrected chi connectivity index (χ2v) is 11.6. The minimum absolute atomic E-state index is 0.442. The van der Waals surface area contributed by atoms with Gasteiger partial charge in [-0.05, 0) is 78.9 Å². The summed E-state index contributed by atoms with van der Waals surface area (Å²) in [5.41, 5.74) is 4.50. The molecule has 0 saturated heterocycles. The predicted octanol–water partition coefficient (Wildman–Crippen LogP) is 8.97. The quantitative estimate of drug-likeness (QED) is 0.411. The third-order valence-electron chi connectivity index (χ3n) is 9.76. The molecule has 3 aliphatic carbocycles. The van der Waals surface area contributed by atoms with Crippen LogP contribution in [-0.4, -0.2) is 0 Å². The third-order valence-corrected chi connectivity index (χ3v) is 9.76. The number of allylic oxidation sites excluding steroid dienone is 4. The van der Waals surface area contributed by atoms with Crippen molar-refractivity contribution in [1.29, 1.82) is 0 Å². The summed E-state index contributed by atoms with van der Waals surface area (Å²) in [6.07, 6.45) is 19.2. The van der Waals surface area contributed by atoms with Gasteiger partial charge in [-0.25, -0.2) is 0 Å². The van der Waals surface area contributed by atoms with Crippen LogP contribution < -0.4 is 0 Å². The molecule has 3 aliphatic rings. The van der Waals surface area contributed by atoms with Crippen molar-refractivity contribution >= 4 is 0 Å². The Hall–Kier alpha value is -0.520. The maximum atomic E-state index is 2.66. The summed E-state index contributed by atoms with van der Waals surface area (Å²) >= 11 is 0. The van der Waals surface area contributed by atoms with Crippen LogP contribution in [0.4, 0.5) is 0 Å². The molecular formula is C28H48. The van der Waals surface area contributed by atoms with Crippen LogP contribution in [0, 0.1) is 40.4 Å². The fraction of sp³-hybridized carbons (Fsp3) is 0.857. The van der Waals surface area contributed by atoms with Crippen LogP contribution in [0.2, 0.25) is 0 Å². The lowest BCUT2D eigenvalue weighted by Gasteiger charge is -2.49. The van der Waals surface area contributed by atoms with E-state index >= 15 is 0 Å². The highest BCUT2D eigenvalue weighted by atomic mass is 14.6. The molecule has 0 spiro atoms. The highest BCUT2D eigenvalue weighted by Gasteiger charge is 2.51. The second-order valence-electron chi connectivity index (χ2n) is 11.6. The molecule has 0 aromatic carbocycles. The zero-order valence-electron chi connectivity index (χ0n) is 20.1. The lowest BCUT2D eigenvalue weighted by Crippen LogP contribution is -2.39. The second kappa shape index (κ2) is 8.69. The minimum Gasteiger partial charge on any atom is -0.0648 e. The zero-order chi connectivity index (χ0) is 20.5. The minimum atomic E-state index is 0.442. The Morgan fingerprint density at radius 1 is 1.04 bits per heavy atom. The van der Waals surface area contributed by atoms with E-state index in [1.807, 2.05) is 5.57 Å². The molecule has 28 heavy (non-hydrogen) atoms. The summed E-state index contributed by atoms with van der Waals surface area (Å²) in [5.74, 6) is 4.18. The van der Waals surface area contributed by atoms with Crippen molar-refractivity contribution in [2.45, 2.75) is 113 Å². The van der Waals surface area contributed by atoms with Gasteiger partial charge in [-0.2, -0.15) is 0 Å². The van der Waals surface area contributed by atoms with E-state index in [1.54, 1.807) is 5.57 Å². The molecule has 0 radical (unpaired) electrons. The van der Waals surface area contributed by atoms with E-state index in [0.29, 0.717) is 10.8 Å². The van der Waals surface area contributed by atoms with Gasteiger partial charge in [0.15, 0.2) is 0 Å². The van der Waals surface area contributed by atoms with Crippen LogP contribution >= 0.6 is 0 Å². The molecule has 160 valence electrons. The number of hydrogen-bond acceptors (Lipinski definition) is 0. The van der Waals surface area contributed by atoms with Gasteiger partial charge in [0.25, 0.3) is 0 Å². The fourth-order valence-electron chi connectivity index (χ4n) is 7.45. The van der Waals surface area contributed by atoms with Crippen molar-refractivity contribution in [1.82, 2.24) is 0 Å². The Morgan fingerprint density at radius 3 is 2.46 bits per heavy atom. The first-order valence-corrected chi connectivity index (χ1v) is 12.6. The third kappa shape index (κ3) is 3.91. The van der Waals surface area contributed by atoms with Gasteiger partial charge in [-0.1, -0.05) is 97.4 Å². The molecule has 0 amide bonds. The van der Waals surface area contributed by atoms with Gasteiger partial charge in [0.05, 0.1) is 0 Å².